The van der Waals surface area contributed by atoms with E-state index in [4.69, 9.17) is 0 Å². The average Bonchev–Trinajstić information content (AvgIpc) is 3.62. The number of fused-ring (bicyclic) bond motifs is 7. The van der Waals surface area contributed by atoms with E-state index >= 15 is 0 Å². The Morgan fingerprint density at radius 1 is 0.273 bits per heavy atom. The fourth-order valence-corrected chi connectivity index (χ4v) is 6.94. The van der Waals surface area contributed by atoms with Crippen LogP contribution in [0.2, 0.25) is 0 Å². The molecule has 44 heavy (non-hydrogen) atoms. The Hall–Kier alpha value is -5.86. The first kappa shape index (κ1) is 24.7. The van der Waals surface area contributed by atoms with Gasteiger partial charge >= 0.3 is 0 Å². The van der Waals surface area contributed by atoms with Gasteiger partial charge in [-0.1, -0.05) is 121 Å². The number of rotatable bonds is 4. The summed E-state index contributed by atoms with van der Waals surface area (Å²) in [4.78, 5) is 0. The molecule has 7 aromatic carbocycles. The predicted octanol–water partition coefficient (Wildman–Crippen LogP) is 11.2. The third-order valence-corrected chi connectivity index (χ3v) is 8.92. The quantitative estimate of drug-likeness (QED) is 0.203. The summed E-state index contributed by atoms with van der Waals surface area (Å²) in [6.45, 7) is 0. The summed E-state index contributed by atoms with van der Waals surface area (Å²) in [5.74, 6) is 0. The molecule has 0 atom stereocenters. The van der Waals surface area contributed by atoms with E-state index in [1.165, 1.54) is 71.6 Å². The molecule has 0 fully saturated rings. The maximum atomic E-state index is 2.43. The zero-order valence-electron chi connectivity index (χ0n) is 24.1. The van der Waals surface area contributed by atoms with Gasteiger partial charge in [-0.15, -0.1) is 0 Å². The molecule has 0 aliphatic heterocycles. The summed E-state index contributed by atoms with van der Waals surface area (Å²) in [5.41, 5.74) is 12.1. The zero-order chi connectivity index (χ0) is 29.0. The van der Waals surface area contributed by atoms with Crippen LogP contribution in [0.1, 0.15) is 0 Å². The van der Waals surface area contributed by atoms with Gasteiger partial charge in [-0.3, -0.25) is 0 Å². The van der Waals surface area contributed by atoms with Crippen LogP contribution in [-0.2, 0) is 0 Å². The van der Waals surface area contributed by atoms with E-state index < -0.39 is 0 Å². The Kier molecular flexibility index (Phi) is 5.54. The highest BCUT2D eigenvalue weighted by Crippen LogP contribution is 2.43. The topological polar surface area (TPSA) is 9.86 Å². The van der Waals surface area contributed by atoms with Crippen LogP contribution in [0.4, 0.5) is 0 Å². The van der Waals surface area contributed by atoms with Crippen molar-refractivity contribution in [2.45, 2.75) is 0 Å². The molecule has 0 amide bonds. The number of nitrogens with zero attached hydrogens (tertiary/aromatic N) is 2. The Labute approximate surface area is 255 Å². The molecule has 2 aromatic heterocycles. The first-order valence-corrected chi connectivity index (χ1v) is 15.1. The van der Waals surface area contributed by atoms with E-state index in [1.54, 1.807) is 0 Å². The monoisotopic (exact) mass is 560 g/mol. The van der Waals surface area contributed by atoms with E-state index in [0.717, 1.165) is 5.69 Å². The van der Waals surface area contributed by atoms with E-state index in [1.807, 2.05) is 0 Å². The zero-order valence-corrected chi connectivity index (χ0v) is 24.1. The first-order chi connectivity index (χ1) is 21.8. The molecule has 9 aromatic rings. The van der Waals surface area contributed by atoms with Crippen LogP contribution in [-0.4, -0.2) is 9.13 Å². The van der Waals surface area contributed by atoms with Crippen molar-refractivity contribution in [2.24, 2.45) is 0 Å². The van der Waals surface area contributed by atoms with Gasteiger partial charge in [0.05, 0.1) is 22.1 Å². The highest BCUT2D eigenvalue weighted by atomic mass is 15.0. The minimum Gasteiger partial charge on any atom is -0.309 e. The van der Waals surface area contributed by atoms with Gasteiger partial charge in [0, 0.05) is 32.9 Å². The lowest BCUT2D eigenvalue weighted by Crippen LogP contribution is -1.94. The van der Waals surface area contributed by atoms with Crippen molar-refractivity contribution in [3.8, 4) is 33.6 Å². The van der Waals surface area contributed by atoms with Crippen molar-refractivity contribution < 1.29 is 0 Å². The summed E-state index contributed by atoms with van der Waals surface area (Å²) in [6.07, 6.45) is 0. The molecule has 0 unspecified atom stereocenters. The minimum absolute atomic E-state index is 1.16. The third-order valence-electron chi connectivity index (χ3n) is 8.92. The van der Waals surface area contributed by atoms with Gasteiger partial charge in [-0.25, -0.2) is 0 Å². The van der Waals surface area contributed by atoms with E-state index in [2.05, 4.69) is 179 Å². The molecular formula is C42H28N2. The van der Waals surface area contributed by atoms with Gasteiger partial charge in [0.2, 0.25) is 0 Å². The van der Waals surface area contributed by atoms with Gasteiger partial charge < -0.3 is 9.13 Å². The molecule has 0 bridgehead atoms. The molecule has 0 aliphatic rings. The standard InChI is InChI=1S/C42H28N2/c1-4-12-29(13-5-1)30-20-22-31(23-21-30)32-24-25-36-40(28-32)44(34-16-8-3-9-17-34)39-27-26-38-41(42(36)39)35-18-10-11-19-37(35)43(38)33-14-6-2-7-15-33/h1-28H. The van der Waals surface area contributed by atoms with Crippen molar-refractivity contribution in [1.82, 2.24) is 9.13 Å². The van der Waals surface area contributed by atoms with Crippen molar-refractivity contribution in [2.75, 3.05) is 0 Å². The highest BCUT2D eigenvalue weighted by molar-refractivity contribution is 6.29. The molecule has 2 heteroatoms. The number of benzene rings is 7. The van der Waals surface area contributed by atoms with Gasteiger partial charge in [-0.05, 0) is 70.8 Å². The van der Waals surface area contributed by atoms with Crippen molar-refractivity contribution in [1.29, 1.82) is 0 Å². The fourth-order valence-electron chi connectivity index (χ4n) is 6.94. The van der Waals surface area contributed by atoms with E-state index in [9.17, 15) is 0 Å². The molecule has 0 aliphatic carbocycles. The number of hydrogen-bond donors (Lipinski definition) is 0. The predicted molar refractivity (Wildman–Crippen MR) is 186 cm³/mol. The molecule has 206 valence electrons. The van der Waals surface area contributed by atoms with Crippen LogP contribution in [0.3, 0.4) is 0 Å². The Bertz CT molecular complexity index is 2450. The molecular weight excluding hydrogens is 532 g/mol. The summed E-state index contributed by atoms with van der Waals surface area (Å²) in [7, 11) is 0. The molecule has 0 spiro atoms. The van der Waals surface area contributed by atoms with Gasteiger partial charge in [0.1, 0.15) is 0 Å². The SMILES string of the molecule is c1ccc(-c2ccc(-c3ccc4c5c6c7ccccc7n(-c7ccccc7)c6ccc5n(-c5ccccc5)c4c3)cc2)cc1. The Morgan fingerprint density at radius 2 is 0.705 bits per heavy atom. The second-order valence-electron chi connectivity index (χ2n) is 11.4. The normalized spacial score (nSPS) is 11.6. The van der Waals surface area contributed by atoms with Gasteiger partial charge in [0.25, 0.3) is 0 Å². The maximum Gasteiger partial charge on any atom is 0.0548 e. The Balaban J connectivity index is 1.34. The lowest BCUT2D eigenvalue weighted by molar-refractivity contribution is 1.17. The Morgan fingerprint density at radius 3 is 1.32 bits per heavy atom. The molecule has 2 nitrogen and oxygen atoms in total. The minimum atomic E-state index is 1.16. The molecule has 2 heterocycles. The molecule has 0 radical (unpaired) electrons. The smallest absolute Gasteiger partial charge is 0.0548 e. The van der Waals surface area contributed by atoms with E-state index in [-0.39, 0.29) is 0 Å². The van der Waals surface area contributed by atoms with Crippen LogP contribution >= 0.6 is 0 Å². The second kappa shape index (κ2) is 9.86. The molecule has 0 N–H and O–H groups in total. The highest BCUT2D eigenvalue weighted by Gasteiger charge is 2.20. The van der Waals surface area contributed by atoms with Crippen LogP contribution < -0.4 is 0 Å². The number of para-hydroxylation sites is 3. The van der Waals surface area contributed by atoms with Crippen LogP contribution in [0, 0.1) is 0 Å². The van der Waals surface area contributed by atoms with E-state index in [0.29, 0.717) is 0 Å². The van der Waals surface area contributed by atoms with Crippen LogP contribution in [0.25, 0.3) is 77.2 Å². The van der Waals surface area contributed by atoms with Crippen LogP contribution in [0.5, 0.6) is 0 Å². The van der Waals surface area contributed by atoms with Crippen molar-refractivity contribution in [3.63, 3.8) is 0 Å². The third kappa shape index (κ3) is 3.75. The summed E-state index contributed by atoms with van der Waals surface area (Å²) >= 11 is 0. The fraction of sp³-hybridized carbons (Fsp3) is 0. The van der Waals surface area contributed by atoms with Gasteiger partial charge in [-0.2, -0.15) is 0 Å². The first-order valence-electron chi connectivity index (χ1n) is 15.1. The average molecular weight is 561 g/mol. The summed E-state index contributed by atoms with van der Waals surface area (Å²) in [6, 6.07) is 61.3. The van der Waals surface area contributed by atoms with Gasteiger partial charge in [0.15, 0.2) is 0 Å². The van der Waals surface area contributed by atoms with Crippen LogP contribution in [0.15, 0.2) is 170 Å². The second-order valence-corrected chi connectivity index (χ2v) is 11.4. The lowest BCUT2D eigenvalue weighted by atomic mass is 9.99. The molecule has 0 saturated carbocycles. The summed E-state index contributed by atoms with van der Waals surface area (Å²) in [5, 5.41) is 5.11. The number of aromatic nitrogens is 2. The van der Waals surface area contributed by atoms with Crippen molar-refractivity contribution in [3.05, 3.63) is 170 Å². The largest absolute Gasteiger partial charge is 0.309 e. The molecule has 0 saturated heterocycles. The lowest BCUT2D eigenvalue weighted by Gasteiger charge is -2.10. The maximum absolute atomic E-state index is 2.43. The molecule has 9 rings (SSSR count). The number of hydrogen-bond acceptors (Lipinski definition) is 0. The summed E-state index contributed by atoms with van der Waals surface area (Å²) < 4.78 is 4.83. The van der Waals surface area contributed by atoms with Crippen molar-refractivity contribution >= 4 is 43.6 Å².